The highest BCUT2D eigenvalue weighted by molar-refractivity contribution is 5.28. The number of benzene rings is 1. The van der Waals surface area contributed by atoms with E-state index >= 15 is 0 Å². The molecule has 2 heteroatoms. The van der Waals surface area contributed by atoms with Crippen LogP contribution in [0.4, 0.5) is 0 Å². The maximum atomic E-state index is 5.15. The van der Waals surface area contributed by atoms with Crippen molar-refractivity contribution in [2.24, 2.45) is 5.92 Å². The Balaban J connectivity index is 1.79. The SMILES string of the molecule is COc1ccc([C@@H](C)NCCC2CC2)cc1. The van der Waals surface area contributed by atoms with Crippen LogP contribution in [0.25, 0.3) is 0 Å². The van der Waals surface area contributed by atoms with Crippen LogP contribution in [0.3, 0.4) is 0 Å². The van der Waals surface area contributed by atoms with Crippen LogP contribution >= 0.6 is 0 Å². The Morgan fingerprint density at radius 1 is 1.31 bits per heavy atom. The lowest BCUT2D eigenvalue weighted by atomic mass is 10.1. The number of ether oxygens (including phenoxy) is 1. The monoisotopic (exact) mass is 219 g/mol. The fourth-order valence-electron chi connectivity index (χ4n) is 1.92. The van der Waals surface area contributed by atoms with E-state index in [0.717, 1.165) is 18.2 Å². The molecule has 0 spiro atoms. The quantitative estimate of drug-likeness (QED) is 0.793. The van der Waals surface area contributed by atoms with Gasteiger partial charge in [-0.1, -0.05) is 25.0 Å². The molecule has 1 aromatic rings. The maximum absolute atomic E-state index is 5.15. The molecule has 0 aromatic heterocycles. The molecule has 1 atom stereocenters. The predicted molar refractivity (Wildman–Crippen MR) is 66.8 cm³/mol. The highest BCUT2D eigenvalue weighted by atomic mass is 16.5. The molecule has 0 unspecified atom stereocenters. The van der Waals surface area contributed by atoms with E-state index in [9.17, 15) is 0 Å². The molecule has 1 saturated carbocycles. The zero-order chi connectivity index (χ0) is 11.4. The van der Waals surface area contributed by atoms with E-state index < -0.39 is 0 Å². The first kappa shape index (κ1) is 11.5. The molecule has 1 aromatic carbocycles. The first-order valence-corrected chi connectivity index (χ1v) is 6.17. The van der Waals surface area contributed by atoms with E-state index in [1.54, 1.807) is 7.11 Å². The van der Waals surface area contributed by atoms with E-state index in [2.05, 4.69) is 24.4 Å². The van der Waals surface area contributed by atoms with Crippen molar-refractivity contribution >= 4 is 0 Å². The summed E-state index contributed by atoms with van der Waals surface area (Å²) in [6, 6.07) is 8.74. The van der Waals surface area contributed by atoms with Gasteiger partial charge in [0.15, 0.2) is 0 Å². The van der Waals surface area contributed by atoms with Crippen LogP contribution in [0, 0.1) is 5.92 Å². The van der Waals surface area contributed by atoms with E-state index in [4.69, 9.17) is 4.74 Å². The molecular weight excluding hydrogens is 198 g/mol. The minimum Gasteiger partial charge on any atom is -0.497 e. The topological polar surface area (TPSA) is 21.3 Å². The summed E-state index contributed by atoms with van der Waals surface area (Å²) >= 11 is 0. The van der Waals surface area contributed by atoms with Gasteiger partial charge in [0.25, 0.3) is 0 Å². The van der Waals surface area contributed by atoms with Crippen molar-refractivity contribution in [1.29, 1.82) is 0 Å². The molecule has 16 heavy (non-hydrogen) atoms. The zero-order valence-electron chi connectivity index (χ0n) is 10.2. The van der Waals surface area contributed by atoms with Gasteiger partial charge in [0.05, 0.1) is 7.11 Å². The second-order valence-electron chi connectivity index (χ2n) is 4.68. The predicted octanol–water partition coefficient (Wildman–Crippen LogP) is 3.15. The first-order chi connectivity index (χ1) is 7.79. The van der Waals surface area contributed by atoms with E-state index in [1.807, 2.05) is 12.1 Å². The summed E-state index contributed by atoms with van der Waals surface area (Å²) in [5, 5.41) is 3.57. The lowest BCUT2D eigenvalue weighted by Gasteiger charge is -2.14. The molecule has 0 amide bonds. The van der Waals surface area contributed by atoms with E-state index in [1.165, 1.54) is 24.8 Å². The zero-order valence-corrected chi connectivity index (χ0v) is 10.2. The van der Waals surface area contributed by atoms with Gasteiger partial charge >= 0.3 is 0 Å². The Labute approximate surface area is 98.0 Å². The van der Waals surface area contributed by atoms with Crippen LogP contribution in [0.2, 0.25) is 0 Å². The van der Waals surface area contributed by atoms with Crippen molar-refractivity contribution in [2.75, 3.05) is 13.7 Å². The van der Waals surface area contributed by atoms with Gasteiger partial charge in [0, 0.05) is 6.04 Å². The molecule has 1 fully saturated rings. The summed E-state index contributed by atoms with van der Waals surface area (Å²) < 4.78 is 5.15. The third-order valence-electron chi connectivity index (χ3n) is 3.32. The standard InChI is InChI=1S/C14H21NO/c1-11(15-10-9-12-3-4-12)13-5-7-14(16-2)8-6-13/h5-8,11-12,15H,3-4,9-10H2,1-2H3/t11-/m1/s1. The number of hydrogen-bond acceptors (Lipinski definition) is 2. The molecule has 1 aliphatic carbocycles. The average molecular weight is 219 g/mol. The minimum atomic E-state index is 0.435. The number of nitrogens with one attached hydrogen (secondary N) is 1. The van der Waals surface area contributed by atoms with Gasteiger partial charge in [-0.15, -0.1) is 0 Å². The van der Waals surface area contributed by atoms with Crippen molar-refractivity contribution in [2.45, 2.75) is 32.2 Å². The Morgan fingerprint density at radius 3 is 2.56 bits per heavy atom. The van der Waals surface area contributed by atoms with Gasteiger partial charge < -0.3 is 10.1 Å². The highest BCUT2D eigenvalue weighted by Gasteiger charge is 2.20. The van der Waals surface area contributed by atoms with E-state index in [0.29, 0.717) is 6.04 Å². The second kappa shape index (κ2) is 5.35. The summed E-state index contributed by atoms with van der Waals surface area (Å²) in [6.07, 6.45) is 4.22. The Hall–Kier alpha value is -1.02. The first-order valence-electron chi connectivity index (χ1n) is 6.17. The van der Waals surface area contributed by atoms with Gasteiger partial charge in [-0.05, 0) is 43.5 Å². The molecular formula is C14H21NO. The molecule has 1 aliphatic rings. The van der Waals surface area contributed by atoms with Gasteiger partial charge in [0.2, 0.25) is 0 Å². The second-order valence-corrected chi connectivity index (χ2v) is 4.68. The third kappa shape index (κ3) is 3.24. The summed E-state index contributed by atoms with van der Waals surface area (Å²) in [6.45, 7) is 3.35. The van der Waals surface area contributed by atoms with Crippen molar-refractivity contribution in [3.63, 3.8) is 0 Å². The fourth-order valence-corrected chi connectivity index (χ4v) is 1.92. The maximum Gasteiger partial charge on any atom is 0.118 e. The molecule has 0 heterocycles. The smallest absolute Gasteiger partial charge is 0.118 e. The molecule has 88 valence electrons. The lowest BCUT2D eigenvalue weighted by molar-refractivity contribution is 0.414. The van der Waals surface area contributed by atoms with Gasteiger partial charge in [-0.2, -0.15) is 0 Å². The third-order valence-corrected chi connectivity index (χ3v) is 3.32. The Bertz CT molecular complexity index is 316. The molecule has 0 saturated heterocycles. The lowest BCUT2D eigenvalue weighted by Crippen LogP contribution is -2.20. The molecule has 0 radical (unpaired) electrons. The van der Waals surface area contributed by atoms with Gasteiger partial charge in [-0.25, -0.2) is 0 Å². The molecule has 0 bridgehead atoms. The summed E-state index contributed by atoms with van der Waals surface area (Å²) in [4.78, 5) is 0. The average Bonchev–Trinajstić information content (AvgIpc) is 3.13. The van der Waals surface area contributed by atoms with Crippen LogP contribution in [0.5, 0.6) is 5.75 Å². The number of methoxy groups -OCH3 is 1. The largest absolute Gasteiger partial charge is 0.497 e. The van der Waals surface area contributed by atoms with Crippen molar-refractivity contribution in [1.82, 2.24) is 5.32 Å². The van der Waals surface area contributed by atoms with Crippen LogP contribution < -0.4 is 10.1 Å². The summed E-state index contributed by atoms with van der Waals surface area (Å²) in [5.41, 5.74) is 1.33. The van der Waals surface area contributed by atoms with Crippen molar-refractivity contribution < 1.29 is 4.74 Å². The highest BCUT2D eigenvalue weighted by Crippen LogP contribution is 2.32. The van der Waals surface area contributed by atoms with Crippen LogP contribution in [0.1, 0.15) is 37.8 Å². The summed E-state index contributed by atoms with van der Waals surface area (Å²) in [5.74, 6) is 1.93. The Morgan fingerprint density at radius 2 is 2.00 bits per heavy atom. The minimum absolute atomic E-state index is 0.435. The van der Waals surface area contributed by atoms with Crippen molar-refractivity contribution in [3.05, 3.63) is 29.8 Å². The molecule has 2 rings (SSSR count). The van der Waals surface area contributed by atoms with Crippen LogP contribution in [-0.2, 0) is 0 Å². The van der Waals surface area contributed by atoms with E-state index in [-0.39, 0.29) is 0 Å². The number of hydrogen-bond donors (Lipinski definition) is 1. The molecule has 1 N–H and O–H groups in total. The number of rotatable bonds is 6. The van der Waals surface area contributed by atoms with Gasteiger partial charge in [-0.3, -0.25) is 0 Å². The fraction of sp³-hybridized carbons (Fsp3) is 0.571. The molecule has 2 nitrogen and oxygen atoms in total. The van der Waals surface area contributed by atoms with Crippen molar-refractivity contribution in [3.8, 4) is 5.75 Å². The van der Waals surface area contributed by atoms with Crippen LogP contribution in [-0.4, -0.2) is 13.7 Å². The normalized spacial score (nSPS) is 17.1. The summed E-state index contributed by atoms with van der Waals surface area (Å²) in [7, 11) is 1.70. The molecule has 0 aliphatic heterocycles. The Kier molecular flexibility index (Phi) is 3.83. The van der Waals surface area contributed by atoms with Crippen LogP contribution in [0.15, 0.2) is 24.3 Å². The van der Waals surface area contributed by atoms with Gasteiger partial charge in [0.1, 0.15) is 5.75 Å².